The first-order chi connectivity index (χ1) is 10.6. The molecule has 0 saturated heterocycles. The van der Waals surface area contributed by atoms with Crippen molar-refractivity contribution in [1.29, 1.82) is 0 Å². The Bertz CT molecular complexity index is 828. The molecule has 3 aromatic rings. The Morgan fingerprint density at radius 1 is 1.36 bits per heavy atom. The summed E-state index contributed by atoms with van der Waals surface area (Å²) in [5, 5.41) is 10.9. The number of carbonyl (C=O) groups excluding carboxylic acids is 1. The highest BCUT2D eigenvalue weighted by Gasteiger charge is 2.11. The van der Waals surface area contributed by atoms with Gasteiger partial charge in [0.05, 0.1) is 22.4 Å². The van der Waals surface area contributed by atoms with Gasteiger partial charge >= 0.3 is 0 Å². The molecule has 2 N–H and O–H groups in total. The lowest BCUT2D eigenvalue weighted by atomic mass is 10.1. The van der Waals surface area contributed by atoms with Gasteiger partial charge in [-0.3, -0.25) is 14.9 Å². The summed E-state index contributed by atoms with van der Waals surface area (Å²) in [6, 6.07) is 7.49. The van der Waals surface area contributed by atoms with E-state index in [-0.39, 0.29) is 5.91 Å². The maximum atomic E-state index is 12.1. The van der Waals surface area contributed by atoms with Crippen molar-refractivity contribution in [3.8, 4) is 0 Å². The molecule has 2 heterocycles. The number of amides is 1. The molecule has 112 valence electrons. The van der Waals surface area contributed by atoms with E-state index in [1.807, 2.05) is 25.1 Å². The van der Waals surface area contributed by atoms with E-state index >= 15 is 0 Å². The molecular weight excluding hydrogens is 300 g/mol. The number of pyridine rings is 1. The summed E-state index contributed by atoms with van der Waals surface area (Å²) in [6.07, 6.45) is 4.34. The van der Waals surface area contributed by atoms with Gasteiger partial charge in [0.1, 0.15) is 0 Å². The van der Waals surface area contributed by atoms with Crippen LogP contribution in [-0.4, -0.2) is 21.1 Å². The first kappa shape index (κ1) is 14.5. The second-order valence-corrected chi connectivity index (χ2v) is 5.45. The van der Waals surface area contributed by atoms with Crippen molar-refractivity contribution in [2.45, 2.75) is 19.8 Å². The fourth-order valence-electron chi connectivity index (χ4n) is 2.30. The molecular formula is C16H15ClN4O. The number of fused-ring (bicyclic) bond motifs is 1. The number of carbonyl (C=O) groups is 1. The van der Waals surface area contributed by atoms with Gasteiger partial charge in [0.25, 0.3) is 0 Å². The molecule has 2 aromatic heterocycles. The molecule has 1 aromatic carbocycles. The van der Waals surface area contributed by atoms with Crippen LogP contribution in [0.1, 0.15) is 17.7 Å². The lowest BCUT2D eigenvalue weighted by Gasteiger charge is -2.08. The zero-order valence-corrected chi connectivity index (χ0v) is 12.8. The van der Waals surface area contributed by atoms with E-state index in [9.17, 15) is 4.79 Å². The number of nitrogens with one attached hydrogen (secondary N) is 2. The van der Waals surface area contributed by atoms with E-state index < -0.39 is 0 Å². The lowest BCUT2D eigenvalue weighted by molar-refractivity contribution is -0.116. The van der Waals surface area contributed by atoms with Gasteiger partial charge in [0.2, 0.25) is 5.91 Å². The Balaban J connectivity index is 1.68. The van der Waals surface area contributed by atoms with Gasteiger partial charge in [0, 0.05) is 23.7 Å². The van der Waals surface area contributed by atoms with Gasteiger partial charge in [-0.2, -0.15) is 5.10 Å². The third-order valence-electron chi connectivity index (χ3n) is 3.54. The topological polar surface area (TPSA) is 70.7 Å². The first-order valence-electron chi connectivity index (χ1n) is 6.97. The van der Waals surface area contributed by atoms with Crippen LogP contribution in [0.2, 0.25) is 5.02 Å². The number of benzene rings is 1. The van der Waals surface area contributed by atoms with Gasteiger partial charge in [0.15, 0.2) is 0 Å². The summed E-state index contributed by atoms with van der Waals surface area (Å²) in [5.74, 6) is -0.0882. The van der Waals surface area contributed by atoms with Crippen LogP contribution in [0.4, 0.5) is 5.69 Å². The molecule has 0 atom stereocenters. The van der Waals surface area contributed by atoms with E-state index in [4.69, 9.17) is 11.6 Å². The Morgan fingerprint density at radius 3 is 3.05 bits per heavy atom. The van der Waals surface area contributed by atoms with Crippen molar-refractivity contribution in [2.24, 2.45) is 0 Å². The van der Waals surface area contributed by atoms with Crippen LogP contribution in [0.25, 0.3) is 10.9 Å². The quantitative estimate of drug-likeness (QED) is 0.774. The molecule has 6 heteroatoms. The van der Waals surface area contributed by atoms with Gasteiger partial charge in [-0.25, -0.2) is 0 Å². The Labute approximate surface area is 132 Å². The molecule has 0 fully saturated rings. The predicted molar refractivity (Wildman–Crippen MR) is 87.0 cm³/mol. The number of aryl methyl sites for hydroxylation is 2. The SMILES string of the molecule is Cc1cccnc1CCC(=O)Nc1ccc2[nH]ncc2c1Cl. The average Bonchev–Trinajstić information content (AvgIpc) is 2.99. The first-order valence-corrected chi connectivity index (χ1v) is 7.35. The molecule has 0 aliphatic heterocycles. The minimum Gasteiger partial charge on any atom is -0.325 e. The maximum absolute atomic E-state index is 12.1. The van der Waals surface area contributed by atoms with Crippen LogP contribution >= 0.6 is 11.6 Å². The van der Waals surface area contributed by atoms with E-state index in [2.05, 4.69) is 20.5 Å². The third kappa shape index (κ3) is 2.94. The number of H-pyrrole nitrogens is 1. The van der Waals surface area contributed by atoms with Crippen molar-refractivity contribution in [3.05, 3.63) is 52.9 Å². The molecule has 0 bridgehead atoms. The molecule has 3 rings (SSSR count). The number of hydrogen-bond donors (Lipinski definition) is 2. The maximum Gasteiger partial charge on any atom is 0.224 e. The van der Waals surface area contributed by atoms with Gasteiger partial charge < -0.3 is 5.32 Å². The fraction of sp³-hybridized carbons (Fsp3) is 0.188. The van der Waals surface area contributed by atoms with Crippen molar-refractivity contribution >= 4 is 34.1 Å². The second kappa shape index (κ2) is 6.15. The highest BCUT2D eigenvalue weighted by molar-refractivity contribution is 6.38. The zero-order chi connectivity index (χ0) is 15.5. The number of rotatable bonds is 4. The van der Waals surface area contributed by atoms with Crippen molar-refractivity contribution in [2.75, 3.05) is 5.32 Å². The molecule has 0 saturated carbocycles. The second-order valence-electron chi connectivity index (χ2n) is 5.07. The number of nitrogens with zero attached hydrogens (tertiary/aromatic N) is 2. The van der Waals surface area contributed by atoms with Gasteiger partial charge in [-0.1, -0.05) is 17.7 Å². The molecule has 0 unspecified atom stereocenters. The summed E-state index contributed by atoms with van der Waals surface area (Å²) in [7, 11) is 0. The average molecular weight is 315 g/mol. The molecule has 1 amide bonds. The number of aromatic amines is 1. The smallest absolute Gasteiger partial charge is 0.224 e. The summed E-state index contributed by atoms with van der Waals surface area (Å²) < 4.78 is 0. The Hall–Kier alpha value is -2.40. The highest BCUT2D eigenvalue weighted by Crippen LogP contribution is 2.29. The number of anilines is 1. The van der Waals surface area contributed by atoms with Crippen LogP contribution < -0.4 is 5.32 Å². The summed E-state index contributed by atoms with van der Waals surface area (Å²) in [5.41, 5.74) is 3.47. The fourth-order valence-corrected chi connectivity index (χ4v) is 2.57. The van der Waals surface area contributed by atoms with E-state index in [0.29, 0.717) is 23.6 Å². The van der Waals surface area contributed by atoms with Crippen molar-refractivity contribution < 1.29 is 4.79 Å². The van der Waals surface area contributed by atoms with Crippen LogP contribution in [0.5, 0.6) is 0 Å². The summed E-state index contributed by atoms with van der Waals surface area (Å²) in [4.78, 5) is 16.4. The van der Waals surface area contributed by atoms with E-state index in [0.717, 1.165) is 22.2 Å². The largest absolute Gasteiger partial charge is 0.325 e. The van der Waals surface area contributed by atoms with Crippen LogP contribution in [-0.2, 0) is 11.2 Å². The molecule has 0 aliphatic carbocycles. The van der Waals surface area contributed by atoms with Gasteiger partial charge in [-0.05, 0) is 37.1 Å². The summed E-state index contributed by atoms with van der Waals surface area (Å²) in [6.45, 7) is 1.99. The lowest BCUT2D eigenvalue weighted by Crippen LogP contribution is -2.13. The Morgan fingerprint density at radius 2 is 2.23 bits per heavy atom. The standard InChI is InChI=1S/C16H15ClN4O/c1-10-3-2-8-18-12(10)6-7-15(22)20-14-5-4-13-11(16(14)17)9-19-21-13/h2-5,8-9H,6-7H2,1H3,(H,19,21)(H,20,22). The van der Waals surface area contributed by atoms with E-state index in [1.165, 1.54) is 0 Å². The Kier molecular flexibility index (Phi) is 4.06. The molecule has 0 radical (unpaired) electrons. The number of hydrogen-bond acceptors (Lipinski definition) is 3. The third-order valence-corrected chi connectivity index (χ3v) is 3.95. The van der Waals surface area contributed by atoms with Crippen LogP contribution in [0.15, 0.2) is 36.7 Å². The predicted octanol–water partition coefficient (Wildman–Crippen LogP) is 3.49. The number of aromatic nitrogens is 3. The van der Waals surface area contributed by atoms with Crippen molar-refractivity contribution in [1.82, 2.24) is 15.2 Å². The molecule has 0 spiro atoms. The molecule has 5 nitrogen and oxygen atoms in total. The molecule has 0 aliphatic rings. The van der Waals surface area contributed by atoms with Gasteiger partial charge in [-0.15, -0.1) is 0 Å². The zero-order valence-electron chi connectivity index (χ0n) is 12.1. The van der Waals surface area contributed by atoms with Crippen LogP contribution in [0.3, 0.4) is 0 Å². The van der Waals surface area contributed by atoms with Crippen molar-refractivity contribution in [3.63, 3.8) is 0 Å². The highest BCUT2D eigenvalue weighted by atomic mass is 35.5. The number of halogens is 1. The normalized spacial score (nSPS) is 10.8. The minimum atomic E-state index is -0.0882. The van der Waals surface area contributed by atoms with Crippen LogP contribution in [0, 0.1) is 6.92 Å². The van der Waals surface area contributed by atoms with E-state index in [1.54, 1.807) is 18.5 Å². The minimum absolute atomic E-state index is 0.0882. The summed E-state index contributed by atoms with van der Waals surface area (Å²) >= 11 is 6.28. The monoisotopic (exact) mass is 314 g/mol. The molecule has 22 heavy (non-hydrogen) atoms.